The highest BCUT2D eigenvalue weighted by Gasteiger charge is 2.44. The van der Waals surface area contributed by atoms with Crippen LogP contribution >= 0.6 is 0 Å². The summed E-state index contributed by atoms with van der Waals surface area (Å²) < 4.78 is 5.46. The predicted molar refractivity (Wildman–Crippen MR) is 103 cm³/mol. The largest absolute Gasteiger partial charge is 0.412 e. The van der Waals surface area contributed by atoms with E-state index in [0.29, 0.717) is 24.3 Å². The number of carbonyl (C=O) groups excluding carboxylic acids is 1. The summed E-state index contributed by atoms with van der Waals surface area (Å²) in [7, 11) is 0. The number of hydrogen-bond acceptors (Lipinski definition) is 4. The second kappa shape index (κ2) is 7.68. The topological polar surface area (TPSA) is 53.9 Å². The van der Waals surface area contributed by atoms with Crippen LogP contribution in [0.5, 0.6) is 5.75 Å². The number of ether oxygens (including phenoxy) is 1. The lowest BCUT2D eigenvalue weighted by Gasteiger charge is -2.34. The van der Waals surface area contributed by atoms with E-state index in [9.17, 15) is 4.79 Å². The van der Waals surface area contributed by atoms with E-state index in [0.717, 1.165) is 30.6 Å². The van der Waals surface area contributed by atoms with Gasteiger partial charge in [0.1, 0.15) is 11.6 Å². The lowest BCUT2D eigenvalue weighted by atomic mass is 10.0. The van der Waals surface area contributed by atoms with Crippen LogP contribution in [0.25, 0.3) is 0 Å². The molecule has 5 heteroatoms. The molecule has 0 radical (unpaired) electrons. The first-order valence-electron chi connectivity index (χ1n) is 10.2. The minimum atomic E-state index is -0.360. The standard InChI is InChI=1S/C21H29N3O2/c1-2-3-4-5-6-11-22-21(25)26-18-9-10-19-16(13-18)14-24-17-8-7-15(12-17)20(24)23-19/h9-10,13,15,17H,2-8,11-12,14H2,1H3,(H,22,25). The van der Waals surface area contributed by atoms with Gasteiger partial charge in [-0.1, -0.05) is 32.6 Å². The maximum Gasteiger partial charge on any atom is 0.412 e. The predicted octanol–water partition coefficient (Wildman–Crippen LogP) is 4.77. The van der Waals surface area contributed by atoms with Crippen molar-refractivity contribution in [1.29, 1.82) is 0 Å². The van der Waals surface area contributed by atoms with Crippen molar-refractivity contribution in [2.45, 2.75) is 70.9 Å². The summed E-state index contributed by atoms with van der Waals surface area (Å²) in [6.45, 7) is 3.78. The molecule has 26 heavy (non-hydrogen) atoms. The molecule has 2 fully saturated rings. The second-order valence-corrected chi connectivity index (χ2v) is 7.78. The fraction of sp³-hybridized carbons (Fsp3) is 0.619. The minimum absolute atomic E-state index is 0.360. The third-order valence-electron chi connectivity index (χ3n) is 5.89. The van der Waals surface area contributed by atoms with Crippen LogP contribution in [0.15, 0.2) is 23.2 Å². The molecule has 1 amide bonds. The molecule has 2 atom stereocenters. The van der Waals surface area contributed by atoms with Crippen LogP contribution in [0, 0.1) is 5.92 Å². The Morgan fingerprint density at radius 2 is 2.15 bits per heavy atom. The molecule has 2 heterocycles. The second-order valence-electron chi connectivity index (χ2n) is 7.78. The summed E-state index contributed by atoms with van der Waals surface area (Å²) in [6.07, 6.45) is 9.38. The monoisotopic (exact) mass is 355 g/mol. The van der Waals surface area contributed by atoms with E-state index in [2.05, 4.69) is 17.1 Å². The lowest BCUT2D eigenvalue weighted by molar-refractivity contribution is 0.200. The zero-order chi connectivity index (χ0) is 17.9. The first-order chi connectivity index (χ1) is 12.7. The van der Waals surface area contributed by atoms with Crippen LogP contribution in [0.4, 0.5) is 10.5 Å². The Hall–Kier alpha value is -2.04. The van der Waals surface area contributed by atoms with Crippen LogP contribution in [0.3, 0.4) is 0 Å². The van der Waals surface area contributed by atoms with E-state index in [1.807, 2.05) is 18.2 Å². The summed E-state index contributed by atoms with van der Waals surface area (Å²) >= 11 is 0. The van der Waals surface area contributed by atoms with Crippen LogP contribution < -0.4 is 10.1 Å². The molecule has 3 aliphatic rings. The molecule has 2 unspecified atom stereocenters. The quantitative estimate of drug-likeness (QED) is 0.717. The molecule has 140 valence electrons. The minimum Gasteiger partial charge on any atom is -0.410 e. The highest BCUT2D eigenvalue weighted by Crippen LogP contribution is 2.44. The van der Waals surface area contributed by atoms with Crippen LogP contribution in [0.1, 0.15) is 63.9 Å². The molecule has 1 aromatic rings. The van der Waals surface area contributed by atoms with Gasteiger partial charge in [-0.15, -0.1) is 0 Å². The zero-order valence-electron chi connectivity index (χ0n) is 15.7. The van der Waals surface area contributed by atoms with Crippen molar-refractivity contribution in [3.05, 3.63) is 23.8 Å². The fourth-order valence-corrected chi connectivity index (χ4v) is 4.49. The molecule has 4 rings (SSSR count). The number of unbranched alkanes of at least 4 members (excludes halogenated alkanes) is 4. The number of fused-ring (bicyclic) bond motifs is 6. The zero-order valence-corrected chi connectivity index (χ0v) is 15.7. The van der Waals surface area contributed by atoms with Gasteiger partial charge in [0, 0.05) is 30.6 Å². The maximum atomic E-state index is 12.0. The normalized spacial score (nSPS) is 22.7. The van der Waals surface area contributed by atoms with Gasteiger partial charge in [0.25, 0.3) is 0 Å². The molecule has 1 saturated carbocycles. The maximum absolute atomic E-state index is 12.0. The van der Waals surface area contributed by atoms with Gasteiger partial charge in [0.05, 0.1) is 5.69 Å². The first kappa shape index (κ1) is 17.4. The Labute approximate surface area is 155 Å². The number of nitrogens with one attached hydrogen (secondary N) is 1. The van der Waals surface area contributed by atoms with Crippen molar-refractivity contribution >= 4 is 17.6 Å². The number of amides is 1. The van der Waals surface area contributed by atoms with E-state index < -0.39 is 0 Å². The van der Waals surface area contributed by atoms with Crippen LogP contribution in [-0.4, -0.2) is 29.4 Å². The van der Waals surface area contributed by atoms with Gasteiger partial charge in [-0.3, -0.25) is 0 Å². The van der Waals surface area contributed by atoms with Crippen molar-refractivity contribution in [1.82, 2.24) is 10.2 Å². The van der Waals surface area contributed by atoms with Crippen molar-refractivity contribution in [2.75, 3.05) is 6.54 Å². The third kappa shape index (κ3) is 3.57. The molecule has 1 aliphatic carbocycles. The van der Waals surface area contributed by atoms with Crippen molar-refractivity contribution < 1.29 is 9.53 Å². The summed E-state index contributed by atoms with van der Waals surface area (Å²) in [5.41, 5.74) is 2.19. The highest BCUT2D eigenvalue weighted by molar-refractivity contribution is 5.92. The lowest BCUT2D eigenvalue weighted by Crippen LogP contribution is -2.38. The highest BCUT2D eigenvalue weighted by atomic mass is 16.6. The Kier molecular flexibility index (Phi) is 5.14. The van der Waals surface area contributed by atoms with Gasteiger partial charge in [-0.2, -0.15) is 0 Å². The Bertz CT molecular complexity index is 700. The third-order valence-corrected chi connectivity index (χ3v) is 5.89. The molecule has 1 N–H and O–H groups in total. The van der Waals surface area contributed by atoms with Gasteiger partial charge in [0.15, 0.2) is 0 Å². The van der Waals surface area contributed by atoms with Gasteiger partial charge in [-0.05, 0) is 43.9 Å². The number of amidine groups is 1. The molecule has 1 aromatic carbocycles. The number of hydrogen-bond donors (Lipinski definition) is 1. The summed E-state index contributed by atoms with van der Waals surface area (Å²) in [5, 5.41) is 2.85. The number of piperidine rings is 1. The number of nitrogens with zero attached hydrogens (tertiary/aromatic N) is 2. The van der Waals surface area contributed by atoms with Gasteiger partial charge >= 0.3 is 6.09 Å². The van der Waals surface area contributed by atoms with E-state index in [1.54, 1.807) is 0 Å². The Balaban J connectivity index is 1.31. The van der Waals surface area contributed by atoms with Gasteiger partial charge in [-0.25, -0.2) is 9.79 Å². The van der Waals surface area contributed by atoms with E-state index in [4.69, 9.17) is 9.73 Å². The Morgan fingerprint density at radius 1 is 1.27 bits per heavy atom. The van der Waals surface area contributed by atoms with Crippen molar-refractivity contribution in [2.24, 2.45) is 10.9 Å². The molecule has 2 bridgehead atoms. The van der Waals surface area contributed by atoms with E-state index in [-0.39, 0.29) is 6.09 Å². The number of carbonyl (C=O) groups is 1. The summed E-state index contributed by atoms with van der Waals surface area (Å²) in [5.74, 6) is 2.55. The fourth-order valence-electron chi connectivity index (χ4n) is 4.49. The SMILES string of the molecule is CCCCCCCNC(=O)Oc1ccc2c(c1)CN1C(=N2)C2CCC1C2. The number of rotatable bonds is 7. The van der Waals surface area contributed by atoms with Crippen LogP contribution in [-0.2, 0) is 6.54 Å². The van der Waals surface area contributed by atoms with E-state index >= 15 is 0 Å². The average molecular weight is 355 g/mol. The molecular weight excluding hydrogens is 326 g/mol. The average Bonchev–Trinajstić information content (AvgIpc) is 3.25. The molecule has 2 aliphatic heterocycles. The molecule has 1 saturated heterocycles. The molecule has 0 spiro atoms. The smallest absolute Gasteiger partial charge is 0.410 e. The molecule has 0 aromatic heterocycles. The van der Waals surface area contributed by atoms with Crippen LogP contribution in [0.2, 0.25) is 0 Å². The van der Waals surface area contributed by atoms with Gasteiger partial charge in [0.2, 0.25) is 0 Å². The van der Waals surface area contributed by atoms with Crippen molar-refractivity contribution in [3.8, 4) is 5.75 Å². The summed E-state index contributed by atoms with van der Waals surface area (Å²) in [4.78, 5) is 19.3. The molecule has 5 nitrogen and oxygen atoms in total. The number of benzene rings is 1. The van der Waals surface area contributed by atoms with Crippen molar-refractivity contribution in [3.63, 3.8) is 0 Å². The van der Waals surface area contributed by atoms with Gasteiger partial charge < -0.3 is 15.0 Å². The summed E-state index contributed by atoms with van der Waals surface area (Å²) in [6, 6.07) is 6.47. The Morgan fingerprint density at radius 3 is 3.04 bits per heavy atom. The number of aliphatic imine (C=N–C) groups is 1. The molecular formula is C21H29N3O2. The van der Waals surface area contributed by atoms with E-state index in [1.165, 1.54) is 44.4 Å². The first-order valence-corrected chi connectivity index (χ1v) is 10.2.